The first-order valence-corrected chi connectivity index (χ1v) is 6.97. The summed E-state index contributed by atoms with van der Waals surface area (Å²) in [5.74, 6) is 1.74. The highest BCUT2D eigenvalue weighted by Crippen LogP contribution is 2.30. The molecular weight excluding hydrogens is 254 g/mol. The largest absolute Gasteiger partial charge is 0.488 e. The van der Waals surface area contributed by atoms with E-state index in [-0.39, 0.29) is 12.1 Å². The van der Waals surface area contributed by atoms with Crippen molar-refractivity contribution in [1.82, 2.24) is 25.5 Å². The molecule has 1 aliphatic rings. The number of hydrogen-bond acceptors (Lipinski definition) is 5. The molecule has 2 atom stereocenters. The number of para-hydroxylation sites is 1. The molecule has 1 aromatic carbocycles. The van der Waals surface area contributed by atoms with E-state index in [0.29, 0.717) is 0 Å². The van der Waals surface area contributed by atoms with Gasteiger partial charge in [0, 0.05) is 12.8 Å². The Labute approximate surface area is 118 Å². The second-order valence-electron chi connectivity index (χ2n) is 5.03. The van der Waals surface area contributed by atoms with Crippen LogP contribution in [0.15, 0.2) is 24.3 Å². The van der Waals surface area contributed by atoms with Crippen LogP contribution < -0.4 is 10.1 Å². The smallest absolute Gasteiger partial charge is 0.176 e. The second kappa shape index (κ2) is 5.58. The van der Waals surface area contributed by atoms with Crippen LogP contribution in [0.2, 0.25) is 0 Å². The number of ether oxygens (including phenoxy) is 1. The lowest BCUT2D eigenvalue weighted by molar-refractivity contribution is 0.177. The monoisotopic (exact) mass is 273 g/mol. The number of likely N-dealkylation sites (N-methyl/N-ethyl adjacent to an activating group) is 1. The maximum Gasteiger partial charge on any atom is 0.176 e. The van der Waals surface area contributed by atoms with E-state index >= 15 is 0 Å². The molecule has 0 amide bonds. The predicted octanol–water partition coefficient (Wildman–Crippen LogP) is 0.734. The molecule has 0 aliphatic carbocycles. The van der Waals surface area contributed by atoms with Crippen LogP contribution in [-0.2, 0) is 19.9 Å². The minimum atomic E-state index is 0.121. The zero-order chi connectivity index (χ0) is 13.9. The van der Waals surface area contributed by atoms with Crippen molar-refractivity contribution in [2.75, 3.05) is 6.54 Å². The first kappa shape index (κ1) is 13.1. The number of aryl methyl sites for hydroxylation is 1. The molecule has 2 heterocycles. The van der Waals surface area contributed by atoms with Gasteiger partial charge >= 0.3 is 0 Å². The van der Waals surface area contributed by atoms with Crippen molar-refractivity contribution in [1.29, 1.82) is 0 Å². The van der Waals surface area contributed by atoms with Crippen molar-refractivity contribution < 1.29 is 4.74 Å². The van der Waals surface area contributed by atoms with Gasteiger partial charge in [-0.15, -0.1) is 10.2 Å². The van der Waals surface area contributed by atoms with Gasteiger partial charge in [0.25, 0.3) is 0 Å². The molecule has 1 aromatic heterocycles. The van der Waals surface area contributed by atoms with Gasteiger partial charge in [0.05, 0.1) is 13.1 Å². The van der Waals surface area contributed by atoms with E-state index in [1.165, 1.54) is 10.4 Å². The number of tetrazole rings is 1. The van der Waals surface area contributed by atoms with Crippen LogP contribution in [0, 0.1) is 0 Å². The summed E-state index contributed by atoms with van der Waals surface area (Å²) in [5, 5.41) is 15.7. The number of aromatic nitrogens is 4. The standard InChI is InChI=1S/C14H19N5O/c1-3-15-11(9-14-16-18-19(2)17-14)13-8-10-6-4-5-7-12(10)20-13/h4-7,11,13,15H,3,8-9H2,1-2H3. The fraction of sp³-hybridized carbons (Fsp3) is 0.500. The fourth-order valence-corrected chi connectivity index (χ4v) is 2.63. The van der Waals surface area contributed by atoms with Crippen LogP contribution >= 0.6 is 0 Å². The van der Waals surface area contributed by atoms with E-state index < -0.39 is 0 Å². The van der Waals surface area contributed by atoms with E-state index in [9.17, 15) is 0 Å². The molecule has 106 valence electrons. The number of nitrogens with one attached hydrogen (secondary N) is 1. The van der Waals surface area contributed by atoms with Crippen LogP contribution in [0.3, 0.4) is 0 Å². The van der Waals surface area contributed by atoms with Crippen molar-refractivity contribution in [2.24, 2.45) is 7.05 Å². The number of hydrogen-bond donors (Lipinski definition) is 1. The molecule has 0 fully saturated rings. The van der Waals surface area contributed by atoms with Crippen molar-refractivity contribution >= 4 is 0 Å². The van der Waals surface area contributed by atoms with E-state index in [1.54, 1.807) is 7.05 Å². The third-order valence-electron chi connectivity index (χ3n) is 3.54. The van der Waals surface area contributed by atoms with Gasteiger partial charge in [-0.05, 0) is 23.4 Å². The number of benzene rings is 1. The lowest BCUT2D eigenvalue weighted by Gasteiger charge is -2.22. The number of rotatable bonds is 5. The first-order valence-electron chi connectivity index (χ1n) is 6.97. The topological polar surface area (TPSA) is 64.9 Å². The SMILES string of the molecule is CCNC(Cc1nnn(C)n1)C1Cc2ccccc2O1. The van der Waals surface area contributed by atoms with E-state index in [0.717, 1.165) is 31.0 Å². The summed E-state index contributed by atoms with van der Waals surface area (Å²) in [5.41, 5.74) is 1.27. The number of fused-ring (bicyclic) bond motifs is 1. The molecule has 6 heteroatoms. The van der Waals surface area contributed by atoms with E-state index in [2.05, 4.69) is 39.8 Å². The molecule has 0 saturated heterocycles. The van der Waals surface area contributed by atoms with Gasteiger partial charge in [-0.1, -0.05) is 25.1 Å². The van der Waals surface area contributed by atoms with Crippen molar-refractivity contribution in [3.63, 3.8) is 0 Å². The fourth-order valence-electron chi connectivity index (χ4n) is 2.63. The third kappa shape index (κ3) is 2.65. The van der Waals surface area contributed by atoms with Crippen molar-refractivity contribution in [3.05, 3.63) is 35.7 Å². The minimum Gasteiger partial charge on any atom is -0.488 e. The Morgan fingerprint density at radius 3 is 3.00 bits per heavy atom. The molecule has 0 radical (unpaired) electrons. The molecule has 6 nitrogen and oxygen atoms in total. The average molecular weight is 273 g/mol. The van der Waals surface area contributed by atoms with Crippen LogP contribution in [-0.4, -0.2) is 38.9 Å². The highest BCUT2D eigenvalue weighted by molar-refractivity contribution is 5.37. The zero-order valence-corrected chi connectivity index (χ0v) is 11.8. The predicted molar refractivity (Wildman–Crippen MR) is 74.5 cm³/mol. The molecule has 3 rings (SSSR count). The summed E-state index contributed by atoms with van der Waals surface area (Å²) in [6.45, 7) is 2.99. The molecule has 0 saturated carbocycles. The van der Waals surface area contributed by atoms with Gasteiger partial charge in [0.1, 0.15) is 11.9 Å². The van der Waals surface area contributed by atoms with Gasteiger partial charge in [-0.25, -0.2) is 0 Å². The zero-order valence-electron chi connectivity index (χ0n) is 11.8. The average Bonchev–Trinajstić information content (AvgIpc) is 3.04. The molecule has 0 bridgehead atoms. The van der Waals surface area contributed by atoms with Gasteiger partial charge < -0.3 is 10.1 Å². The molecule has 2 unspecified atom stereocenters. The summed E-state index contributed by atoms with van der Waals surface area (Å²) in [7, 11) is 1.78. The Kier molecular flexibility index (Phi) is 3.64. The van der Waals surface area contributed by atoms with Crippen LogP contribution in [0.4, 0.5) is 0 Å². The van der Waals surface area contributed by atoms with Gasteiger partial charge in [-0.3, -0.25) is 0 Å². The summed E-state index contributed by atoms with van der Waals surface area (Å²) in [4.78, 5) is 1.49. The Morgan fingerprint density at radius 1 is 1.45 bits per heavy atom. The van der Waals surface area contributed by atoms with Crippen LogP contribution in [0.1, 0.15) is 18.3 Å². The Hall–Kier alpha value is -1.95. The molecule has 0 spiro atoms. The lowest BCUT2D eigenvalue weighted by Crippen LogP contribution is -2.44. The summed E-state index contributed by atoms with van der Waals surface area (Å²) >= 11 is 0. The second-order valence-corrected chi connectivity index (χ2v) is 5.03. The maximum absolute atomic E-state index is 6.06. The Bertz CT molecular complexity index is 557. The minimum absolute atomic E-state index is 0.121. The van der Waals surface area contributed by atoms with E-state index in [4.69, 9.17) is 4.74 Å². The highest BCUT2D eigenvalue weighted by atomic mass is 16.5. The van der Waals surface area contributed by atoms with Gasteiger partial charge in [-0.2, -0.15) is 4.80 Å². The molecular formula is C14H19N5O. The highest BCUT2D eigenvalue weighted by Gasteiger charge is 2.30. The number of nitrogens with zero attached hydrogens (tertiary/aromatic N) is 4. The summed E-state index contributed by atoms with van der Waals surface area (Å²) < 4.78 is 6.06. The van der Waals surface area contributed by atoms with Crippen LogP contribution in [0.25, 0.3) is 0 Å². The molecule has 2 aromatic rings. The van der Waals surface area contributed by atoms with E-state index in [1.807, 2.05) is 12.1 Å². The normalized spacial score (nSPS) is 18.6. The third-order valence-corrected chi connectivity index (χ3v) is 3.54. The molecule has 20 heavy (non-hydrogen) atoms. The van der Waals surface area contributed by atoms with Crippen molar-refractivity contribution in [2.45, 2.75) is 31.9 Å². The van der Waals surface area contributed by atoms with Gasteiger partial charge in [0.15, 0.2) is 5.82 Å². The maximum atomic E-state index is 6.06. The summed E-state index contributed by atoms with van der Waals surface area (Å²) in [6, 6.07) is 8.40. The van der Waals surface area contributed by atoms with Gasteiger partial charge in [0.2, 0.25) is 0 Å². The Balaban J connectivity index is 1.72. The van der Waals surface area contributed by atoms with Crippen molar-refractivity contribution in [3.8, 4) is 5.75 Å². The first-order chi connectivity index (χ1) is 9.76. The summed E-state index contributed by atoms with van der Waals surface area (Å²) in [6.07, 6.45) is 1.77. The lowest BCUT2D eigenvalue weighted by atomic mass is 10.0. The Morgan fingerprint density at radius 2 is 2.30 bits per heavy atom. The van der Waals surface area contributed by atoms with Crippen LogP contribution in [0.5, 0.6) is 5.75 Å². The molecule has 1 aliphatic heterocycles. The quantitative estimate of drug-likeness (QED) is 0.870. The molecule has 1 N–H and O–H groups in total.